The highest BCUT2D eigenvalue weighted by molar-refractivity contribution is 6.02. The van der Waals surface area contributed by atoms with Crippen LogP contribution in [-0.4, -0.2) is 18.5 Å². The summed E-state index contributed by atoms with van der Waals surface area (Å²) < 4.78 is 4.79. The number of anilines is 1. The Kier molecular flexibility index (Phi) is 3.23. The van der Waals surface area contributed by atoms with Gasteiger partial charge in [-0.05, 0) is 24.1 Å². The van der Waals surface area contributed by atoms with Gasteiger partial charge in [-0.3, -0.25) is 4.79 Å². The van der Waals surface area contributed by atoms with Gasteiger partial charge in [0.05, 0.1) is 18.7 Å². The molecule has 88 valence electrons. The number of fused-ring (bicyclic) bond motifs is 1. The highest BCUT2D eigenvalue weighted by Crippen LogP contribution is 2.27. The van der Waals surface area contributed by atoms with Crippen LogP contribution in [0.2, 0.25) is 0 Å². The van der Waals surface area contributed by atoms with Crippen LogP contribution in [0, 0.1) is 0 Å². The van der Waals surface area contributed by atoms with Gasteiger partial charge >= 0.3 is 5.97 Å². The summed E-state index contributed by atoms with van der Waals surface area (Å²) in [5, 5.41) is 2.78. The largest absolute Gasteiger partial charge is 0.463 e. The molecule has 17 heavy (non-hydrogen) atoms. The van der Waals surface area contributed by atoms with Crippen molar-refractivity contribution in [3.8, 4) is 0 Å². The van der Waals surface area contributed by atoms with Gasteiger partial charge in [-0.2, -0.15) is 0 Å². The standard InChI is InChI=1S/C13H13NO3/c1-2-17-12(16)7-6-9-4-3-5-10-8-11(15)14-13(9)10/h3-7H,2,8H2,1H3,(H,14,15). The average molecular weight is 231 g/mol. The van der Waals surface area contributed by atoms with Crippen LogP contribution in [0.5, 0.6) is 0 Å². The van der Waals surface area contributed by atoms with E-state index in [1.165, 1.54) is 6.08 Å². The monoisotopic (exact) mass is 231 g/mol. The lowest BCUT2D eigenvalue weighted by molar-refractivity contribution is -0.137. The fraction of sp³-hybridized carbons (Fsp3) is 0.231. The maximum absolute atomic E-state index is 11.3. The molecule has 0 saturated carbocycles. The van der Waals surface area contributed by atoms with Gasteiger partial charge < -0.3 is 10.1 Å². The second-order valence-electron chi connectivity index (χ2n) is 3.69. The van der Waals surface area contributed by atoms with Crippen molar-refractivity contribution >= 4 is 23.6 Å². The second-order valence-corrected chi connectivity index (χ2v) is 3.69. The summed E-state index contributed by atoms with van der Waals surface area (Å²) in [4.78, 5) is 22.5. The minimum absolute atomic E-state index is 0.0167. The number of carbonyl (C=O) groups excluding carboxylic acids is 2. The lowest BCUT2D eigenvalue weighted by Crippen LogP contribution is -2.04. The van der Waals surface area contributed by atoms with Gasteiger partial charge in [0.2, 0.25) is 5.91 Å². The number of ether oxygens (including phenoxy) is 1. The summed E-state index contributed by atoms with van der Waals surface area (Å²) in [5.41, 5.74) is 2.57. The molecule has 0 saturated heterocycles. The first-order chi connectivity index (χ1) is 8.20. The predicted molar refractivity (Wildman–Crippen MR) is 64.4 cm³/mol. The predicted octanol–water partition coefficient (Wildman–Crippen LogP) is 1.76. The molecule has 0 aromatic heterocycles. The molecule has 0 atom stereocenters. The van der Waals surface area contributed by atoms with Crippen molar-refractivity contribution in [3.63, 3.8) is 0 Å². The zero-order valence-electron chi connectivity index (χ0n) is 9.53. The molecule has 1 N–H and O–H groups in total. The van der Waals surface area contributed by atoms with Crippen LogP contribution in [0.15, 0.2) is 24.3 Å². The molecule has 1 aliphatic heterocycles. The molecule has 4 nitrogen and oxygen atoms in total. The van der Waals surface area contributed by atoms with Crippen molar-refractivity contribution in [1.82, 2.24) is 0 Å². The SMILES string of the molecule is CCOC(=O)C=Cc1cccc2c1NC(=O)C2. The number of carbonyl (C=O) groups is 2. The third-order valence-corrected chi connectivity index (χ3v) is 2.48. The van der Waals surface area contributed by atoms with Crippen molar-refractivity contribution < 1.29 is 14.3 Å². The van der Waals surface area contributed by atoms with Crippen molar-refractivity contribution in [2.45, 2.75) is 13.3 Å². The van der Waals surface area contributed by atoms with E-state index in [2.05, 4.69) is 5.32 Å². The molecule has 0 bridgehead atoms. The van der Waals surface area contributed by atoms with E-state index in [9.17, 15) is 9.59 Å². The molecule has 1 aliphatic rings. The molecular formula is C13H13NO3. The Labute approximate surface area is 99.3 Å². The Hall–Kier alpha value is -2.10. The Morgan fingerprint density at radius 3 is 3.12 bits per heavy atom. The Bertz CT molecular complexity index is 491. The summed E-state index contributed by atoms with van der Waals surface area (Å²) in [5.74, 6) is -0.397. The van der Waals surface area contributed by atoms with E-state index in [0.717, 1.165) is 16.8 Å². The first kappa shape index (κ1) is 11.4. The van der Waals surface area contributed by atoms with Gasteiger partial charge in [0, 0.05) is 6.08 Å². The van der Waals surface area contributed by atoms with Crippen LogP contribution >= 0.6 is 0 Å². The molecule has 2 rings (SSSR count). The van der Waals surface area contributed by atoms with Gasteiger partial charge in [0.25, 0.3) is 0 Å². The molecule has 0 radical (unpaired) electrons. The van der Waals surface area contributed by atoms with Crippen molar-refractivity contribution in [3.05, 3.63) is 35.4 Å². The highest BCUT2D eigenvalue weighted by atomic mass is 16.5. The van der Waals surface area contributed by atoms with E-state index in [1.807, 2.05) is 18.2 Å². The average Bonchev–Trinajstić information content (AvgIpc) is 2.67. The van der Waals surface area contributed by atoms with E-state index in [0.29, 0.717) is 13.0 Å². The molecule has 0 fully saturated rings. The van der Waals surface area contributed by atoms with Crippen LogP contribution in [0.1, 0.15) is 18.1 Å². The smallest absolute Gasteiger partial charge is 0.330 e. The molecule has 4 heteroatoms. The number of benzene rings is 1. The molecule has 1 aromatic carbocycles. The van der Waals surface area contributed by atoms with Crippen molar-refractivity contribution in [2.24, 2.45) is 0 Å². The number of hydrogen-bond donors (Lipinski definition) is 1. The van der Waals surface area contributed by atoms with E-state index in [-0.39, 0.29) is 11.9 Å². The zero-order valence-corrected chi connectivity index (χ0v) is 9.53. The normalized spacial score (nSPS) is 13.6. The Morgan fingerprint density at radius 2 is 2.35 bits per heavy atom. The van der Waals surface area contributed by atoms with E-state index in [4.69, 9.17) is 4.74 Å². The van der Waals surface area contributed by atoms with Crippen LogP contribution in [0.25, 0.3) is 6.08 Å². The van der Waals surface area contributed by atoms with Crippen molar-refractivity contribution in [2.75, 3.05) is 11.9 Å². The van der Waals surface area contributed by atoms with Gasteiger partial charge in [-0.25, -0.2) is 4.79 Å². The minimum Gasteiger partial charge on any atom is -0.463 e. The quantitative estimate of drug-likeness (QED) is 0.637. The van der Waals surface area contributed by atoms with Gasteiger partial charge in [0.1, 0.15) is 0 Å². The summed E-state index contributed by atoms with van der Waals surface area (Å²) in [6.45, 7) is 2.11. The van der Waals surface area contributed by atoms with Gasteiger partial charge in [-0.1, -0.05) is 18.2 Å². The molecule has 1 amide bonds. The lowest BCUT2D eigenvalue weighted by atomic mass is 10.1. The second kappa shape index (κ2) is 4.82. The fourth-order valence-electron chi connectivity index (χ4n) is 1.76. The molecule has 0 spiro atoms. The highest BCUT2D eigenvalue weighted by Gasteiger charge is 2.18. The van der Waals surface area contributed by atoms with Gasteiger partial charge in [0.15, 0.2) is 0 Å². The number of rotatable bonds is 3. The maximum atomic E-state index is 11.3. The molecule has 1 heterocycles. The molecule has 0 aliphatic carbocycles. The first-order valence-electron chi connectivity index (χ1n) is 5.47. The number of hydrogen-bond acceptors (Lipinski definition) is 3. The summed E-state index contributed by atoms with van der Waals surface area (Å²) in [7, 11) is 0. The number of para-hydroxylation sites is 1. The topological polar surface area (TPSA) is 55.4 Å². The Balaban J connectivity index is 2.21. The third-order valence-electron chi connectivity index (χ3n) is 2.48. The fourth-order valence-corrected chi connectivity index (χ4v) is 1.76. The van der Waals surface area contributed by atoms with Crippen LogP contribution < -0.4 is 5.32 Å². The van der Waals surface area contributed by atoms with Crippen molar-refractivity contribution in [1.29, 1.82) is 0 Å². The number of esters is 1. The summed E-state index contributed by atoms with van der Waals surface area (Å²) >= 11 is 0. The van der Waals surface area contributed by atoms with E-state index >= 15 is 0 Å². The summed E-state index contributed by atoms with van der Waals surface area (Å²) in [6.07, 6.45) is 3.42. The summed E-state index contributed by atoms with van der Waals surface area (Å²) in [6, 6.07) is 5.61. The third kappa shape index (κ3) is 2.53. The maximum Gasteiger partial charge on any atom is 0.330 e. The van der Waals surface area contributed by atoms with Crippen LogP contribution in [0.4, 0.5) is 5.69 Å². The number of amides is 1. The van der Waals surface area contributed by atoms with E-state index in [1.54, 1.807) is 13.0 Å². The lowest BCUT2D eigenvalue weighted by Gasteiger charge is -2.03. The van der Waals surface area contributed by atoms with Gasteiger partial charge in [-0.15, -0.1) is 0 Å². The molecule has 1 aromatic rings. The molecular weight excluding hydrogens is 218 g/mol. The Morgan fingerprint density at radius 1 is 1.53 bits per heavy atom. The van der Waals surface area contributed by atoms with Crippen LogP contribution in [-0.2, 0) is 20.7 Å². The van der Waals surface area contributed by atoms with Crippen LogP contribution in [0.3, 0.4) is 0 Å². The first-order valence-corrected chi connectivity index (χ1v) is 5.47. The van der Waals surface area contributed by atoms with E-state index < -0.39 is 0 Å². The number of nitrogens with one attached hydrogen (secondary N) is 1. The minimum atomic E-state index is -0.380. The zero-order chi connectivity index (χ0) is 12.3. The molecule has 0 unspecified atom stereocenters.